The number of hydrogen-bond acceptors (Lipinski definition) is 2. The maximum absolute atomic E-state index is 12.2. The number of benzene rings is 1. The van der Waals surface area contributed by atoms with E-state index in [9.17, 15) is 4.79 Å². The van der Waals surface area contributed by atoms with Crippen LogP contribution in [0, 0.1) is 0 Å². The van der Waals surface area contributed by atoms with Crippen molar-refractivity contribution in [2.75, 3.05) is 4.90 Å². The molecule has 0 radical (unpaired) electrons. The van der Waals surface area contributed by atoms with Crippen molar-refractivity contribution in [2.45, 2.75) is 25.9 Å². The number of carbonyl (C=O) groups is 1. The Morgan fingerprint density at radius 2 is 2.32 bits per heavy atom. The first-order chi connectivity index (χ1) is 9.15. The van der Waals surface area contributed by atoms with Crippen molar-refractivity contribution in [1.82, 2.24) is 9.78 Å². The van der Waals surface area contributed by atoms with Gasteiger partial charge in [0.25, 0.3) is 0 Å². The third kappa shape index (κ3) is 2.24. The normalized spacial score (nSPS) is 15.7. The van der Waals surface area contributed by atoms with Gasteiger partial charge in [-0.05, 0) is 36.8 Å². The van der Waals surface area contributed by atoms with Crippen LogP contribution < -0.4 is 4.90 Å². The van der Waals surface area contributed by atoms with Crippen LogP contribution in [-0.4, -0.2) is 21.7 Å². The Balaban J connectivity index is 1.87. The third-order valence-electron chi connectivity index (χ3n) is 3.36. The lowest BCUT2D eigenvalue weighted by molar-refractivity contribution is -0.117. The van der Waals surface area contributed by atoms with Crippen LogP contribution in [0.2, 0.25) is 5.02 Å². The molecule has 98 valence electrons. The minimum atomic E-state index is 0.0647. The average molecular weight is 276 g/mol. The highest BCUT2D eigenvalue weighted by Gasteiger charge is 2.31. The van der Waals surface area contributed by atoms with E-state index in [0.29, 0.717) is 18.0 Å². The lowest BCUT2D eigenvalue weighted by Crippen LogP contribution is -2.38. The van der Waals surface area contributed by atoms with Crippen LogP contribution in [0.4, 0.5) is 5.69 Å². The number of halogens is 1. The molecule has 0 spiro atoms. The van der Waals surface area contributed by atoms with Crippen LogP contribution in [0.3, 0.4) is 0 Å². The first-order valence-corrected chi connectivity index (χ1v) is 6.61. The summed E-state index contributed by atoms with van der Waals surface area (Å²) in [5.41, 5.74) is 1.97. The smallest absolute Gasteiger partial charge is 0.231 e. The van der Waals surface area contributed by atoms with E-state index in [4.69, 9.17) is 11.6 Å². The van der Waals surface area contributed by atoms with Crippen molar-refractivity contribution in [3.8, 4) is 0 Å². The van der Waals surface area contributed by atoms with Crippen LogP contribution in [-0.2, 0) is 17.8 Å². The van der Waals surface area contributed by atoms with Gasteiger partial charge in [0.1, 0.15) is 0 Å². The van der Waals surface area contributed by atoms with Gasteiger partial charge in [-0.1, -0.05) is 11.6 Å². The minimum absolute atomic E-state index is 0.0647. The molecule has 3 rings (SSSR count). The van der Waals surface area contributed by atoms with E-state index in [1.807, 2.05) is 47.0 Å². The van der Waals surface area contributed by atoms with Crippen LogP contribution >= 0.6 is 11.6 Å². The van der Waals surface area contributed by atoms with E-state index < -0.39 is 0 Å². The molecule has 1 atom stereocenters. The Morgan fingerprint density at radius 1 is 1.47 bits per heavy atom. The van der Waals surface area contributed by atoms with Crippen molar-refractivity contribution in [1.29, 1.82) is 0 Å². The SMILES string of the molecule is CC(Cn1cccn1)N1C(=O)Cc2cc(Cl)ccc21. The van der Waals surface area contributed by atoms with E-state index in [0.717, 1.165) is 11.3 Å². The average Bonchev–Trinajstić information content (AvgIpc) is 2.95. The molecule has 4 nitrogen and oxygen atoms in total. The molecule has 0 saturated heterocycles. The number of rotatable bonds is 3. The maximum Gasteiger partial charge on any atom is 0.231 e. The lowest BCUT2D eigenvalue weighted by atomic mass is 10.1. The van der Waals surface area contributed by atoms with Crippen molar-refractivity contribution >= 4 is 23.2 Å². The highest BCUT2D eigenvalue weighted by atomic mass is 35.5. The van der Waals surface area contributed by atoms with Crippen molar-refractivity contribution in [3.63, 3.8) is 0 Å². The molecule has 0 N–H and O–H groups in total. The van der Waals surface area contributed by atoms with Gasteiger partial charge in [0.15, 0.2) is 0 Å². The van der Waals surface area contributed by atoms with Crippen LogP contribution in [0.25, 0.3) is 0 Å². The monoisotopic (exact) mass is 275 g/mol. The summed E-state index contributed by atoms with van der Waals surface area (Å²) in [5.74, 6) is 0.122. The highest BCUT2D eigenvalue weighted by molar-refractivity contribution is 6.30. The number of anilines is 1. The number of aromatic nitrogens is 2. The third-order valence-corrected chi connectivity index (χ3v) is 3.60. The molecule has 2 aromatic rings. The van der Waals surface area contributed by atoms with Gasteiger partial charge in [0, 0.05) is 23.1 Å². The number of amides is 1. The van der Waals surface area contributed by atoms with Gasteiger partial charge < -0.3 is 4.90 Å². The Morgan fingerprint density at radius 3 is 3.05 bits per heavy atom. The summed E-state index contributed by atoms with van der Waals surface area (Å²) in [6.07, 6.45) is 4.07. The summed E-state index contributed by atoms with van der Waals surface area (Å²) < 4.78 is 1.84. The van der Waals surface area contributed by atoms with E-state index in [-0.39, 0.29) is 11.9 Å². The fourth-order valence-corrected chi connectivity index (χ4v) is 2.75. The van der Waals surface area contributed by atoms with Crippen molar-refractivity contribution in [2.24, 2.45) is 0 Å². The van der Waals surface area contributed by atoms with Crippen molar-refractivity contribution in [3.05, 3.63) is 47.2 Å². The largest absolute Gasteiger partial charge is 0.307 e. The number of carbonyl (C=O) groups excluding carboxylic acids is 1. The summed E-state index contributed by atoms with van der Waals surface area (Å²) in [5, 5.41) is 4.85. The zero-order valence-corrected chi connectivity index (χ0v) is 11.3. The molecule has 1 aliphatic heterocycles. The standard InChI is InChI=1S/C14H14ClN3O/c1-10(9-17-6-2-5-16-17)18-13-4-3-12(15)7-11(13)8-14(18)19/h2-7,10H,8-9H2,1H3. The van der Waals surface area contributed by atoms with E-state index in [1.165, 1.54) is 0 Å². The van der Waals surface area contributed by atoms with Gasteiger partial charge >= 0.3 is 0 Å². The van der Waals surface area contributed by atoms with Crippen LogP contribution in [0.1, 0.15) is 12.5 Å². The molecule has 1 unspecified atom stereocenters. The molecule has 1 aromatic heterocycles. The lowest BCUT2D eigenvalue weighted by Gasteiger charge is -2.25. The number of hydrogen-bond donors (Lipinski definition) is 0. The zero-order chi connectivity index (χ0) is 13.4. The van der Waals surface area contributed by atoms with Gasteiger partial charge in [0.2, 0.25) is 5.91 Å². The number of nitrogens with zero attached hydrogens (tertiary/aromatic N) is 3. The first kappa shape index (κ1) is 12.2. The van der Waals surface area contributed by atoms with Gasteiger partial charge in [-0.25, -0.2) is 0 Å². The predicted molar refractivity (Wildman–Crippen MR) is 74.3 cm³/mol. The molecule has 0 bridgehead atoms. The summed E-state index contributed by atoms with van der Waals surface area (Å²) in [6.45, 7) is 2.71. The van der Waals surface area contributed by atoms with Gasteiger partial charge in [-0.2, -0.15) is 5.10 Å². The van der Waals surface area contributed by atoms with Crippen molar-refractivity contribution < 1.29 is 4.79 Å². The number of fused-ring (bicyclic) bond motifs is 1. The summed E-state index contributed by atoms with van der Waals surface area (Å²) >= 11 is 5.97. The molecule has 1 amide bonds. The van der Waals surface area contributed by atoms with Gasteiger partial charge in [-0.15, -0.1) is 0 Å². The first-order valence-electron chi connectivity index (χ1n) is 6.23. The zero-order valence-electron chi connectivity index (χ0n) is 10.6. The molecule has 1 aromatic carbocycles. The highest BCUT2D eigenvalue weighted by Crippen LogP contribution is 2.32. The molecular formula is C14H14ClN3O. The Bertz CT molecular complexity index is 609. The molecule has 0 aliphatic carbocycles. The van der Waals surface area contributed by atoms with Gasteiger partial charge in [0.05, 0.1) is 19.0 Å². The molecule has 2 heterocycles. The second kappa shape index (κ2) is 4.70. The topological polar surface area (TPSA) is 38.1 Å². The maximum atomic E-state index is 12.2. The predicted octanol–water partition coefficient (Wildman–Crippen LogP) is 2.51. The molecule has 1 aliphatic rings. The van der Waals surface area contributed by atoms with E-state index in [2.05, 4.69) is 5.10 Å². The second-order valence-electron chi connectivity index (χ2n) is 4.79. The second-order valence-corrected chi connectivity index (χ2v) is 5.23. The summed E-state index contributed by atoms with van der Waals surface area (Å²) in [6, 6.07) is 7.56. The molecule has 19 heavy (non-hydrogen) atoms. The molecule has 0 fully saturated rings. The van der Waals surface area contributed by atoms with Gasteiger partial charge in [-0.3, -0.25) is 9.48 Å². The quantitative estimate of drug-likeness (QED) is 0.863. The minimum Gasteiger partial charge on any atom is -0.307 e. The Hall–Kier alpha value is -1.81. The Kier molecular flexibility index (Phi) is 3.03. The Labute approximate surface area is 116 Å². The van der Waals surface area contributed by atoms with Crippen LogP contribution in [0.15, 0.2) is 36.7 Å². The van der Waals surface area contributed by atoms with E-state index in [1.54, 1.807) is 6.20 Å². The fraction of sp³-hybridized carbons (Fsp3) is 0.286. The summed E-state index contributed by atoms with van der Waals surface area (Å²) in [7, 11) is 0. The fourth-order valence-electron chi connectivity index (χ4n) is 2.56. The molecule has 5 heteroatoms. The summed E-state index contributed by atoms with van der Waals surface area (Å²) in [4.78, 5) is 14.0. The molecule has 0 saturated carbocycles. The molecular weight excluding hydrogens is 262 g/mol. The van der Waals surface area contributed by atoms with E-state index >= 15 is 0 Å². The van der Waals surface area contributed by atoms with Crippen LogP contribution in [0.5, 0.6) is 0 Å².